The topological polar surface area (TPSA) is 88.8 Å². The van der Waals surface area contributed by atoms with E-state index < -0.39 is 0 Å². The maximum absolute atomic E-state index is 9.92. The van der Waals surface area contributed by atoms with Crippen molar-refractivity contribution in [2.75, 3.05) is 5.32 Å². The maximum Gasteiger partial charge on any atom is 0.141 e. The maximum atomic E-state index is 9.92. The Morgan fingerprint density at radius 3 is 2.72 bits per heavy atom. The number of hydrogen-bond donors (Lipinski definition) is 2. The summed E-state index contributed by atoms with van der Waals surface area (Å²) in [6.45, 7) is 0.721. The number of anilines is 2. The number of nitrogens with one attached hydrogen (secondary N) is 1. The number of aromatic nitrogens is 5. The molecule has 0 spiro atoms. The Labute approximate surface area is 184 Å². The van der Waals surface area contributed by atoms with E-state index in [-0.39, 0.29) is 5.75 Å². The van der Waals surface area contributed by atoms with Gasteiger partial charge < -0.3 is 10.4 Å². The minimum atomic E-state index is 0.119. The highest BCUT2D eigenvalue weighted by Crippen LogP contribution is 2.25. The van der Waals surface area contributed by atoms with Crippen LogP contribution < -0.4 is 5.32 Å². The molecule has 32 heavy (non-hydrogen) atoms. The molecule has 0 saturated carbocycles. The lowest BCUT2D eigenvalue weighted by Crippen LogP contribution is -2.01. The fourth-order valence-electron chi connectivity index (χ4n) is 3.46. The van der Waals surface area contributed by atoms with E-state index in [1.807, 2.05) is 47.3 Å². The zero-order valence-electron chi connectivity index (χ0n) is 17.1. The fourth-order valence-corrected chi connectivity index (χ4v) is 3.46. The number of pyridine rings is 1. The normalized spacial score (nSPS) is 11.2. The predicted molar refractivity (Wildman–Crippen MR) is 125 cm³/mol. The van der Waals surface area contributed by atoms with E-state index in [0.29, 0.717) is 11.5 Å². The number of rotatable bonds is 6. The van der Waals surface area contributed by atoms with Gasteiger partial charge in [0.05, 0.1) is 18.3 Å². The first-order valence-electron chi connectivity index (χ1n) is 10.1. The first kappa shape index (κ1) is 19.4. The molecular formula is C25H20N6O. The van der Waals surface area contributed by atoms with Crippen molar-refractivity contribution in [1.29, 1.82) is 0 Å². The molecule has 0 radical (unpaired) electrons. The zero-order chi connectivity index (χ0) is 21.8. The molecule has 156 valence electrons. The predicted octanol–water partition coefficient (Wildman–Crippen LogP) is 4.89. The van der Waals surface area contributed by atoms with Crippen molar-refractivity contribution < 1.29 is 5.11 Å². The summed E-state index contributed by atoms with van der Waals surface area (Å²) < 4.78 is 1.99. The minimum Gasteiger partial charge on any atom is -0.506 e. The Bertz CT molecular complexity index is 1390. The van der Waals surface area contributed by atoms with E-state index in [2.05, 4.69) is 43.6 Å². The third-order valence-corrected chi connectivity index (χ3v) is 5.06. The molecule has 3 aromatic heterocycles. The van der Waals surface area contributed by atoms with Gasteiger partial charge in [0, 0.05) is 29.0 Å². The number of aromatic hydroxyl groups is 1. The summed E-state index contributed by atoms with van der Waals surface area (Å²) >= 11 is 0. The second-order valence-corrected chi connectivity index (χ2v) is 7.25. The van der Waals surface area contributed by atoms with Gasteiger partial charge in [-0.3, -0.25) is 9.67 Å². The number of benzene rings is 2. The monoisotopic (exact) mass is 420 g/mol. The molecule has 3 heterocycles. The van der Waals surface area contributed by atoms with Gasteiger partial charge >= 0.3 is 0 Å². The molecule has 0 unspecified atom stereocenters. The summed E-state index contributed by atoms with van der Waals surface area (Å²) in [5, 5.41) is 18.9. The van der Waals surface area contributed by atoms with Crippen LogP contribution in [0.1, 0.15) is 16.8 Å². The lowest BCUT2D eigenvalue weighted by molar-refractivity contribution is 0.471. The summed E-state index contributed by atoms with van der Waals surface area (Å²) in [4.78, 5) is 12.7. The molecule has 0 fully saturated rings. The molecular weight excluding hydrogens is 400 g/mol. The van der Waals surface area contributed by atoms with Crippen molar-refractivity contribution in [3.05, 3.63) is 102 Å². The van der Waals surface area contributed by atoms with Crippen LogP contribution in [0.25, 0.3) is 23.1 Å². The van der Waals surface area contributed by atoms with E-state index in [4.69, 9.17) is 0 Å². The third-order valence-electron chi connectivity index (χ3n) is 5.06. The second kappa shape index (κ2) is 8.69. The lowest BCUT2D eigenvalue weighted by Gasteiger charge is -2.09. The molecule has 5 aromatic rings. The van der Waals surface area contributed by atoms with Gasteiger partial charge in [-0.05, 0) is 48.0 Å². The molecule has 0 aliphatic carbocycles. The fraction of sp³-hybridized carbons (Fsp3) is 0.0400. The zero-order valence-corrected chi connectivity index (χ0v) is 17.1. The van der Waals surface area contributed by atoms with E-state index in [0.717, 1.165) is 28.7 Å². The van der Waals surface area contributed by atoms with Crippen LogP contribution >= 0.6 is 0 Å². The van der Waals surface area contributed by atoms with Crippen molar-refractivity contribution in [3.63, 3.8) is 0 Å². The summed E-state index contributed by atoms with van der Waals surface area (Å²) in [6, 6.07) is 19.7. The highest BCUT2D eigenvalue weighted by molar-refractivity contribution is 5.84. The minimum absolute atomic E-state index is 0.119. The molecule has 0 bridgehead atoms. The summed E-state index contributed by atoms with van der Waals surface area (Å²) in [5.41, 5.74) is 4.42. The quantitative estimate of drug-likeness (QED) is 0.407. The molecule has 2 N–H and O–H groups in total. The van der Waals surface area contributed by atoms with Crippen molar-refractivity contribution in [3.8, 4) is 5.75 Å². The van der Waals surface area contributed by atoms with Crippen LogP contribution in [0.15, 0.2) is 85.6 Å². The molecule has 0 amide bonds. The highest BCUT2D eigenvalue weighted by atomic mass is 16.3. The average Bonchev–Trinajstić information content (AvgIpc) is 3.22. The van der Waals surface area contributed by atoms with Crippen LogP contribution in [0, 0.1) is 0 Å². The Hall–Kier alpha value is -4.52. The molecule has 2 aromatic carbocycles. The van der Waals surface area contributed by atoms with Crippen LogP contribution in [-0.4, -0.2) is 29.8 Å². The Morgan fingerprint density at radius 2 is 1.84 bits per heavy atom. The molecule has 7 heteroatoms. The molecule has 7 nitrogen and oxygen atoms in total. The van der Waals surface area contributed by atoms with Crippen LogP contribution in [0.3, 0.4) is 0 Å². The van der Waals surface area contributed by atoms with E-state index in [1.54, 1.807) is 30.6 Å². The summed E-state index contributed by atoms with van der Waals surface area (Å²) in [7, 11) is 0. The SMILES string of the molecule is Oc1cccnc1C=Cc1cncnc1Nc1ccc2c(cnn2Cc2ccccc2)c1. The Kier molecular flexibility index (Phi) is 5.28. The van der Waals surface area contributed by atoms with Gasteiger partial charge in [-0.25, -0.2) is 9.97 Å². The van der Waals surface area contributed by atoms with Gasteiger partial charge in [0.25, 0.3) is 0 Å². The average molecular weight is 420 g/mol. The number of fused-ring (bicyclic) bond motifs is 1. The highest BCUT2D eigenvalue weighted by Gasteiger charge is 2.07. The molecule has 0 aliphatic rings. The first-order chi connectivity index (χ1) is 15.8. The van der Waals surface area contributed by atoms with Gasteiger partial charge in [-0.1, -0.05) is 30.3 Å². The van der Waals surface area contributed by atoms with Crippen LogP contribution in [0.4, 0.5) is 11.5 Å². The third kappa shape index (κ3) is 4.17. The van der Waals surface area contributed by atoms with Gasteiger partial charge in [-0.2, -0.15) is 5.10 Å². The lowest BCUT2D eigenvalue weighted by atomic mass is 10.2. The van der Waals surface area contributed by atoms with Crippen LogP contribution in [0.5, 0.6) is 5.75 Å². The van der Waals surface area contributed by atoms with E-state index >= 15 is 0 Å². The molecule has 0 aliphatic heterocycles. The first-order valence-corrected chi connectivity index (χ1v) is 10.1. The standard InChI is InChI=1S/C25H20N6O/c32-24-7-4-12-27-22(24)10-8-19-14-26-17-28-25(19)30-21-9-11-23-20(13-21)15-29-31(23)16-18-5-2-1-3-6-18/h1-15,17,32H,16H2,(H,26,28,30). The second-order valence-electron chi connectivity index (χ2n) is 7.25. The number of hydrogen-bond acceptors (Lipinski definition) is 6. The van der Waals surface area contributed by atoms with Gasteiger partial charge in [0.15, 0.2) is 0 Å². The van der Waals surface area contributed by atoms with Crippen LogP contribution in [-0.2, 0) is 6.54 Å². The van der Waals surface area contributed by atoms with Crippen LogP contribution in [0.2, 0.25) is 0 Å². The largest absolute Gasteiger partial charge is 0.506 e. The van der Waals surface area contributed by atoms with Gasteiger partial charge in [0.1, 0.15) is 23.6 Å². The van der Waals surface area contributed by atoms with E-state index in [9.17, 15) is 5.11 Å². The summed E-state index contributed by atoms with van der Waals surface area (Å²) in [6.07, 6.45) is 10.3. The summed E-state index contributed by atoms with van der Waals surface area (Å²) in [5.74, 6) is 0.774. The van der Waals surface area contributed by atoms with Gasteiger partial charge in [0.2, 0.25) is 0 Å². The molecule has 0 atom stereocenters. The smallest absolute Gasteiger partial charge is 0.141 e. The van der Waals surface area contributed by atoms with Gasteiger partial charge in [-0.15, -0.1) is 0 Å². The Morgan fingerprint density at radius 1 is 0.938 bits per heavy atom. The van der Waals surface area contributed by atoms with E-state index in [1.165, 1.54) is 11.9 Å². The van der Waals surface area contributed by atoms with Crippen molar-refractivity contribution in [2.24, 2.45) is 0 Å². The molecule has 5 rings (SSSR count). The Balaban J connectivity index is 1.39. The van der Waals surface area contributed by atoms with Crippen molar-refractivity contribution in [1.82, 2.24) is 24.7 Å². The van der Waals surface area contributed by atoms with Crippen molar-refractivity contribution in [2.45, 2.75) is 6.54 Å². The number of nitrogens with zero attached hydrogens (tertiary/aromatic N) is 5. The molecule has 0 saturated heterocycles. The van der Waals surface area contributed by atoms with Crippen molar-refractivity contribution >= 4 is 34.6 Å².